The summed E-state index contributed by atoms with van der Waals surface area (Å²) in [6, 6.07) is 15.7. The first-order valence-corrected chi connectivity index (χ1v) is 7.26. The van der Waals surface area contributed by atoms with E-state index in [1.807, 2.05) is 60.4 Å². The Balaban J connectivity index is 0.00000208. The largest absolute Gasteiger partial charge is 0.497 e. The molecule has 1 atom stereocenters. The van der Waals surface area contributed by atoms with Gasteiger partial charge in [-0.15, -0.1) is 12.4 Å². The SMILES string of the molecule is COc1ccc(C2N=C(N)N=C(N)N2c2ccc(C)cc2)cc1.Cl. The van der Waals surface area contributed by atoms with E-state index >= 15 is 0 Å². The van der Waals surface area contributed by atoms with Crippen LogP contribution in [-0.4, -0.2) is 19.0 Å². The highest BCUT2D eigenvalue weighted by atomic mass is 35.5. The molecule has 24 heavy (non-hydrogen) atoms. The highest BCUT2D eigenvalue weighted by Crippen LogP contribution is 2.31. The average molecular weight is 346 g/mol. The first kappa shape index (κ1) is 17.6. The van der Waals surface area contributed by atoms with Gasteiger partial charge in [-0.2, -0.15) is 4.99 Å². The molecular weight excluding hydrogens is 326 g/mol. The maximum absolute atomic E-state index is 6.11. The van der Waals surface area contributed by atoms with E-state index in [9.17, 15) is 0 Å². The first-order valence-electron chi connectivity index (χ1n) is 7.26. The van der Waals surface area contributed by atoms with Gasteiger partial charge in [-0.1, -0.05) is 29.8 Å². The predicted octanol–water partition coefficient (Wildman–Crippen LogP) is 2.57. The van der Waals surface area contributed by atoms with Gasteiger partial charge in [-0.3, -0.25) is 4.90 Å². The highest BCUT2D eigenvalue weighted by Gasteiger charge is 2.27. The molecule has 1 aliphatic rings. The number of hydrogen-bond donors (Lipinski definition) is 2. The summed E-state index contributed by atoms with van der Waals surface area (Å²) < 4.78 is 5.20. The van der Waals surface area contributed by atoms with Gasteiger partial charge < -0.3 is 16.2 Å². The molecule has 0 bridgehead atoms. The predicted molar refractivity (Wildman–Crippen MR) is 99.9 cm³/mol. The number of nitrogens with two attached hydrogens (primary N) is 2. The van der Waals surface area contributed by atoms with Crippen LogP contribution in [0.3, 0.4) is 0 Å². The van der Waals surface area contributed by atoms with Crippen molar-refractivity contribution in [1.82, 2.24) is 0 Å². The molecule has 0 aliphatic carbocycles. The van der Waals surface area contributed by atoms with Crippen LogP contribution < -0.4 is 21.1 Å². The Morgan fingerprint density at radius 2 is 1.62 bits per heavy atom. The van der Waals surface area contributed by atoms with E-state index in [1.54, 1.807) is 7.11 Å². The monoisotopic (exact) mass is 345 g/mol. The van der Waals surface area contributed by atoms with Gasteiger partial charge in [0.2, 0.25) is 11.9 Å². The lowest BCUT2D eigenvalue weighted by molar-refractivity contribution is 0.414. The highest BCUT2D eigenvalue weighted by molar-refractivity contribution is 6.04. The molecule has 0 aromatic heterocycles. The number of rotatable bonds is 3. The molecule has 126 valence electrons. The molecule has 1 aliphatic heterocycles. The van der Waals surface area contributed by atoms with Crippen molar-refractivity contribution in [3.63, 3.8) is 0 Å². The number of guanidine groups is 2. The fourth-order valence-corrected chi connectivity index (χ4v) is 2.49. The summed E-state index contributed by atoms with van der Waals surface area (Å²) >= 11 is 0. The van der Waals surface area contributed by atoms with Gasteiger partial charge in [0.05, 0.1) is 7.11 Å². The molecule has 0 radical (unpaired) electrons. The second-order valence-corrected chi connectivity index (χ2v) is 5.31. The van der Waals surface area contributed by atoms with E-state index in [-0.39, 0.29) is 24.5 Å². The minimum atomic E-state index is -0.360. The van der Waals surface area contributed by atoms with Crippen LogP contribution in [0, 0.1) is 6.92 Å². The van der Waals surface area contributed by atoms with Crippen LogP contribution in [0.5, 0.6) is 5.75 Å². The topological polar surface area (TPSA) is 89.2 Å². The number of benzene rings is 2. The van der Waals surface area contributed by atoms with Crippen LogP contribution in [0.2, 0.25) is 0 Å². The molecule has 4 N–H and O–H groups in total. The zero-order chi connectivity index (χ0) is 16.4. The molecule has 0 saturated heterocycles. The van der Waals surface area contributed by atoms with E-state index in [0.29, 0.717) is 5.96 Å². The van der Waals surface area contributed by atoms with Crippen molar-refractivity contribution >= 4 is 30.0 Å². The summed E-state index contributed by atoms with van der Waals surface area (Å²) in [5.74, 6) is 1.28. The molecule has 0 amide bonds. The number of anilines is 1. The van der Waals surface area contributed by atoms with Gasteiger partial charge in [0.25, 0.3) is 0 Å². The number of ether oxygens (including phenoxy) is 1. The van der Waals surface area contributed by atoms with Crippen LogP contribution in [0.1, 0.15) is 17.3 Å². The van der Waals surface area contributed by atoms with Crippen molar-refractivity contribution < 1.29 is 4.74 Å². The lowest BCUT2D eigenvalue weighted by Gasteiger charge is -2.32. The number of methoxy groups -OCH3 is 1. The number of hydrogen-bond acceptors (Lipinski definition) is 6. The van der Waals surface area contributed by atoms with Crippen molar-refractivity contribution in [1.29, 1.82) is 0 Å². The van der Waals surface area contributed by atoms with Crippen molar-refractivity contribution in [2.75, 3.05) is 12.0 Å². The fourth-order valence-electron chi connectivity index (χ4n) is 2.49. The second-order valence-electron chi connectivity index (χ2n) is 5.31. The van der Waals surface area contributed by atoms with Gasteiger partial charge >= 0.3 is 0 Å². The summed E-state index contributed by atoms with van der Waals surface area (Å²) in [6.07, 6.45) is -0.360. The van der Waals surface area contributed by atoms with E-state index in [1.165, 1.54) is 5.56 Å². The summed E-state index contributed by atoms with van der Waals surface area (Å²) in [7, 11) is 1.63. The molecule has 1 unspecified atom stereocenters. The third kappa shape index (κ3) is 3.44. The Bertz CT molecular complexity index is 756. The normalized spacial score (nSPS) is 16.8. The third-order valence-corrected chi connectivity index (χ3v) is 3.70. The first-order chi connectivity index (χ1) is 11.1. The molecule has 0 saturated carbocycles. The summed E-state index contributed by atoms with van der Waals surface area (Å²) in [5.41, 5.74) is 15.0. The average Bonchev–Trinajstić information content (AvgIpc) is 2.55. The van der Waals surface area contributed by atoms with Crippen LogP contribution in [-0.2, 0) is 0 Å². The van der Waals surface area contributed by atoms with Crippen LogP contribution in [0.25, 0.3) is 0 Å². The van der Waals surface area contributed by atoms with E-state index < -0.39 is 0 Å². The van der Waals surface area contributed by atoms with Crippen molar-refractivity contribution in [3.05, 3.63) is 59.7 Å². The van der Waals surface area contributed by atoms with Gasteiger partial charge in [0.1, 0.15) is 5.75 Å². The summed E-state index contributed by atoms with van der Waals surface area (Å²) in [5, 5.41) is 0. The number of nitrogens with zero attached hydrogens (tertiary/aromatic N) is 3. The molecule has 3 rings (SSSR count). The minimum Gasteiger partial charge on any atom is -0.497 e. The number of aliphatic imine (C=N–C) groups is 2. The molecule has 2 aromatic rings. The summed E-state index contributed by atoms with van der Waals surface area (Å²) in [6.45, 7) is 2.04. The Morgan fingerprint density at radius 1 is 1.00 bits per heavy atom. The van der Waals surface area contributed by atoms with Gasteiger partial charge in [-0.25, -0.2) is 4.99 Å². The van der Waals surface area contributed by atoms with Gasteiger partial charge in [0, 0.05) is 5.69 Å². The fraction of sp³-hybridized carbons (Fsp3) is 0.176. The lowest BCUT2D eigenvalue weighted by Crippen LogP contribution is -2.44. The van der Waals surface area contributed by atoms with Gasteiger partial charge in [-0.05, 0) is 36.8 Å². The van der Waals surface area contributed by atoms with E-state index in [0.717, 1.165) is 17.0 Å². The minimum absolute atomic E-state index is 0. The number of halogens is 1. The van der Waals surface area contributed by atoms with Crippen LogP contribution in [0.4, 0.5) is 5.69 Å². The van der Waals surface area contributed by atoms with Crippen LogP contribution in [0.15, 0.2) is 58.5 Å². The second kappa shape index (κ2) is 7.23. The van der Waals surface area contributed by atoms with E-state index in [2.05, 4.69) is 9.98 Å². The molecule has 1 heterocycles. The van der Waals surface area contributed by atoms with E-state index in [4.69, 9.17) is 16.2 Å². The lowest BCUT2D eigenvalue weighted by atomic mass is 10.1. The Labute approximate surface area is 147 Å². The maximum Gasteiger partial charge on any atom is 0.221 e. The standard InChI is InChI=1S/C17H19N5O.ClH/c1-11-3-7-13(8-4-11)22-15(20-16(18)21-17(22)19)12-5-9-14(23-2)10-6-12;/h3-10,15H,1-2H3,(H4,18,19,20,21);1H. The maximum atomic E-state index is 6.11. The Morgan fingerprint density at radius 3 is 2.21 bits per heavy atom. The Hall–Kier alpha value is -2.73. The summed E-state index contributed by atoms with van der Waals surface area (Å²) in [4.78, 5) is 10.4. The number of aryl methyl sites for hydroxylation is 1. The molecule has 6 nitrogen and oxygen atoms in total. The quantitative estimate of drug-likeness (QED) is 0.894. The van der Waals surface area contributed by atoms with Crippen molar-refractivity contribution in [3.8, 4) is 5.75 Å². The zero-order valence-corrected chi connectivity index (χ0v) is 14.3. The molecule has 2 aromatic carbocycles. The molecule has 0 spiro atoms. The zero-order valence-electron chi connectivity index (χ0n) is 13.5. The molecule has 7 heteroatoms. The Kier molecular flexibility index (Phi) is 5.31. The molecular formula is C17H20ClN5O. The van der Waals surface area contributed by atoms with Gasteiger partial charge in [0.15, 0.2) is 6.17 Å². The van der Waals surface area contributed by atoms with Crippen LogP contribution >= 0.6 is 12.4 Å². The van der Waals surface area contributed by atoms with Crippen molar-refractivity contribution in [2.45, 2.75) is 13.1 Å². The van der Waals surface area contributed by atoms with Crippen molar-refractivity contribution in [2.24, 2.45) is 21.5 Å². The third-order valence-electron chi connectivity index (χ3n) is 3.70. The smallest absolute Gasteiger partial charge is 0.221 e. The molecule has 0 fully saturated rings.